The standard InChI is InChI=1S/C14H20N2O5/c1-9(15-12(19)10-6-5-7-21-10)13(20)16(8-11(17)18)14(2,3)4/h5-7,9H,8H2,1-4H3,(H,15,19)(H,17,18). The Bertz CT molecular complexity index is 516. The van der Waals surface area contributed by atoms with Gasteiger partial charge in [0, 0.05) is 5.54 Å². The largest absolute Gasteiger partial charge is 0.480 e. The molecule has 1 atom stereocenters. The van der Waals surface area contributed by atoms with Gasteiger partial charge in [-0.15, -0.1) is 0 Å². The van der Waals surface area contributed by atoms with Crippen LogP contribution in [0.5, 0.6) is 0 Å². The van der Waals surface area contributed by atoms with Gasteiger partial charge in [0.1, 0.15) is 12.6 Å². The topological polar surface area (TPSA) is 99.9 Å². The maximum atomic E-state index is 12.3. The van der Waals surface area contributed by atoms with Crippen molar-refractivity contribution in [3.63, 3.8) is 0 Å². The highest BCUT2D eigenvalue weighted by Gasteiger charge is 2.32. The average Bonchev–Trinajstić information content (AvgIpc) is 2.87. The van der Waals surface area contributed by atoms with E-state index in [9.17, 15) is 14.4 Å². The molecule has 2 N–H and O–H groups in total. The first-order chi connectivity index (χ1) is 9.62. The van der Waals surface area contributed by atoms with Crippen LogP contribution in [0.25, 0.3) is 0 Å². The zero-order chi connectivity index (χ0) is 16.2. The fourth-order valence-electron chi connectivity index (χ4n) is 1.75. The number of furan rings is 1. The minimum absolute atomic E-state index is 0.0928. The summed E-state index contributed by atoms with van der Waals surface area (Å²) in [7, 11) is 0. The van der Waals surface area contributed by atoms with Crippen LogP contribution in [-0.2, 0) is 9.59 Å². The second-order valence-electron chi connectivity index (χ2n) is 5.66. The summed E-state index contributed by atoms with van der Waals surface area (Å²) in [4.78, 5) is 36.3. The first-order valence-electron chi connectivity index (χ1n) is 6.50. The molecule has 0 fully saturated rings. The van der Waals surface area contributed by atoms with Crippen LogP contribution in [0.4, 0.5) is 0 Å². The molecule has 7 heteroatoms. The third kappa shape index (κ3) is 4.62. The Morgan fingerprint density at radius 1 is 1.38 bits per heavy atom. The van der Waals surface area contributed by atoms with Crippen molar-refractivity contribution < 1.29 is 23.9 Å². The summed E-state index contributed by atoms with van der Waals surface area (Å²) in [5, 5.41) is 11.4. The van der Waals surface area contributed by atoms with Gasteiger partial charge in [-0.1, -0.05) is 0 Å². The fourth-order valence-corrected chi connectivity index (χ4v) is 1.75. The number of hydrogen-bond acceptors (Lipinski definition) is 4. The Morgan fingerprint density at radius 3 is 2.43 bits per heavy atom. The summed E-state index contributed by atoms with van der Waals surface area (Å²) in [6.07, 6.45) is 1.35. The van der Waals surface area contributed by atoms with Gasteiger partial charge in [0.25, 0.3) is 5.91 Å². The fraction of sp³-hybridized carbons (Fsp3) is 0.500. The van der Waals surface area contributed by atoms with Crippen molar-refractivity contribution in [2.24, 2.45) is 0 Å². The molecule has 0 saturated heterocycles. The Balaban J connectivity index is 2.79. The van der Waals surface area contributed by atoms with E-state index in [0.717, 1.165) is 0 Å². The zero-order valence-electron chi connectivity index (χ0n) is 12.5. The van der Waals surface area contributed by atoms with Gasteiger partial charge in [-0.05, 0) is 39.8 Å². The number of rotatable bonds is 5. The van der Waals surface area contributed by atoms with Crippen molar-refractivity contribution in [1.82, 2.24) is 10.2 Å². The summed E-state index contributed by atoms with van der Waals surface area (Å²) in [6.45, 7) is 6.27. The van der Waals surface area contributed by atoms with Crippen LogP contribution in [0.2, 0.25) is 0 Å². The Kier molecular flexibility index (Phi) is 5.12. The molecule has 1 unspecified atom stereocenters. The minimum Gasteiger partial charge on any atom is -0.480 e. The van der Waals surface area contributed by atoms with Gasteiger partial charge < -0.3 is 19.7 Å². The number of carbonyl (C=O) groups excluding carboxylic acids is 2. The van der Waals surface area contributed by atoms with Gasteiger partial charge in [0.15, 0.2) is 5.76 Å². The molecule has 21 heavy (non-hydrogen) atoms. The number of nitrogens with zero attached hydrogens (tertiary/aromatic N) is 1. The smallest absolute Gasteiger partial charge is 0.323 e. The lowest BCUT2D eigenvalue weighted by atomic mass is 10.0. The van der Waals surface area contributed by atoms with Gasteiger partial charge in [0.05, 0.1) is 6.26 Å². The number of carbonyl (C=O) groups is 3. The number of carboxylic acid groups (broad SMARTS) is 1. The number of nitrogens with one attached hydrogen (secondary N) is 1. The van der Waals surface area contributed by atoms with E-state index < -0.39 is 35.9 Å². The average molecular weight is 296 g/mol. The van der Waals surface area contributed by atoms with Crippen LogP contribution in [-0.4, -0.2) is 45.9 Å². The molecule has 7 nitrogen and oxygen atoms in total. The van der Waals surface area contributed by atoms with Crippen molar-refractivity contribution in [3.8, 4) is 0 Å². The molecular formula is C14H20N2O5. The highest BCUT2D eigenvalue weighted by molar-refractivity contribution is 5.96. The molecule has 0 aliphatic rings. The van der Waals surface area contributed by atoms with E-state index in [1.807, 2.05) is 0 Å². The van der Waals surface area contributed by atoms with Crippen molar-refractivity contribution >= 4 is 17.8 Å². The van der Waals surface area contributed by atoms with Crippen LogP contribution in [0.3, 0.4) is 0 Å². The molecule has 2 amide bonds. The number of amides is 2. The van der Waals surface area contributed by atoms with Crippen LogP contribution >= 0.6 is 0 Å². The Hall–Kier alpha value is -2.31. The molecule has 0 saturated carbocycles. The summed E-state index contributed by atoms with van der Waals surface area (Å²) < 4.78 is 4.94. The third-order valence-electron chi connectivity index (χ3n) is 2.83. The van der Waals surface area contributed by atoms with E-state index >= 15 is 0 Å². The molecule has 0 aliphatic carbocycles. The normalized spacial score (nSPS) is 12.6. The number of aliphatic carboxylic acids is 1. The molecule has 0 aromatic carbocycles. The monoisotopic (exact) mass is 296 g/mol. The lowest BCUT2D eigenvalue weighted by Gasteiger charge is -2.36. The summed E-state index contributed by atoms with van der Waals surface area (Å²) in [5.41, 5.74) is -0.668. The Labute approximate surface area is 122 Å². The lowest BCUT2D eigenvalue weighted by molar-refractivity contribution is -0.149. The van der Waals surface area contributed by atoms with Gasteiger partial charge in [-0.3, -0.25) is 14.4 Å². The SMILES string of the molecule is CC(NC(=O)c1ccco1)C(=O)N(CC(=O)O)C(C)(C)C. The minimum atomic E-state index is -1.11. The molecular weight excluding hydrogens is 276 g/mol. The van der Waals surface area contributed by atoms with E-state index in [-0.39, 0.29) is 5.76 Å². The molecule has 0 aliphatic heterocycles. The van der Waals surface area contributed by atoms with Gasteiger partial charge in [-0.25, -0.2) is 0 Å². The quantitative estimate of drug-likeness (QED) is 0.847. The molecule has 1 aromatic rings. The van der Waals surface area contributed by atoms with Gasteiger partial charge in [-0.2, -0.15) is 0 Å². The van der Waals surface area contributed by atoms with Crippen molar-refractivity contribution in [1.29, 1.82) is 0 Å². The highest BCUT2D eigenvalue weighted by Crippen LogP contribution is 2.14. The van der Waals surface area contributed by atoms with Crippen LogP contribution in [0.1, 0.15) is 38.2 Å². The summed E-state index contributed by atoms with van der Waals surface area (Å²) >= 11 is 0. The predicted molar refractivity (Wildman–Crippen MR) is 74.7 cm³/mol. The van der Waals surface area contributed by atoms with E-state index in [0.29, 0.717) is 0 Å². The maximum Gasteiger partial charge on any atom is 0.323 e. The van der Waals surface area contributed by atoms with E-state index in [2.05, 4.69) is 5.32 Å². The zero-order valence-corrected chi connectivity index (χ0v) is 12.5. The van der Waals surface area contributed by atoms with E-state index in [1.165, 1.54) is 24.2 Å². The van der Waals surface area contributed by atoms with Crippen LogP contribution in [0.15, 0.2) is 22.8 Å². The van der Waals surface area contributed by atoms with Crippen molar-refractivity contribution in [2.75, 3.05) is 6.54 Å². The maximum absolute atomic E-state index is 12.3. The van der Waals surface area contributed by atoms with Gasteiger partial charge in [0.2, 0.25) is 5.91 Å². The molecule has 1 heterocycles. The third-order valence-corrected chi connectivity index (χ3v) is 2.83. The first kappa shape index (κ1) is 16.7. The van der Waals surface area contributed by atoms with Crippen LogP contribution < -0.4 is 5.32 Å². The van der Waals surface area contributed by atoms with Crippen LogP contribution in [0, 0.1) is 0 Å². The number of hydrogen-bond donors (Lipinski definition) is 2. The Morgan fingerprint density at radius 2 is 2.00 bits per heavy atom. The molecule has 116 valence electrons. The molecule has 1 rings (SSSR count). The predicted octanol–water partition coefficient (Wildman–Crippen LogP) is 1.11. The van der Waals surface area contributed by atoms with Crippen molar-refractivity contribution in [3.05, 3.63) is 24.2 Å². The van der Waals surface area contributed by atoms with Gasteiger partial charge >= 0.3 is 5.97 Å². The van der Waals surface area contributed by atoms with E-state index in [4.69, 9.17) is 9.52 Å². The molecule has 0 radical (unpaired) electrons. The molecule has 1 aromatic heterocycles. The number of carboxylic acids is 1. The summed E-state index contributed by atoms with van der Waals surface area (Å²) in [5.74, 6) is -2.01. The summed E-state index contributed by atoms with van der Waals surface area (Å²) in [6, 6.07) is 2.18. The lowest BCUT2D eigenvalue weighted by Crippen LogP contribution is -2.55. The van der Waals surface area contributed by atoms with Crippen molar-refractivity contribution in [2.45, 2.75) is 39.3 Å². The second-order valence-corrected chi connectivity index (χ2v) is 5.66. The molecule has 0 spiro atoms. The van der Waals surface area contributed by atoms with E-state index in [1.54, 1.807) is 26.8 Å². The second kappa shape index (κ2) is 6.43. The molecule has 0 bridgehead atoms. The highest BCUT2D eigenvalue weighted by atomic mass is 16.4. The first-order valence-corrected chi connectivity index (χ1v) is 6.50.